The number of ether oxygens (including phenoxy) is 1. The summed E-state index contributed by atoms with van der Waals surface area (Å²) in [6, 6.07) is 4.26. The molecule has 5 heteroatoms. The zero-order chi connectivity index (χ0) is 12.4. The third-order valence-electron chi connectivity index (χ3n) is 2.64. The molecule has 0 saturated heterocycles. The van der Waals surface area contributed by atoms with Crippen LogP contribution >= 0.6 is 23.8 Å². The molecule has 0 amide bonds. The lowest BCUT2D eigenvalue weighted by Crippen LogP contribution is -2.30. The Morgan fingerprint density at radius 1 is 1.47 bits per heavy atom. The summed E-state index contributed by atoms with van der Waals surface area (Å²) in [5.41, 5.74) is 1.83. The topological polar surface area (TPSA) is 33.3 Å². The van der Waals surface area contributed by atoms with Crippen molar-refractivity contribution in [3.63, 3.8) is 0 Å². The van der Waals surface area contributed by atoms with E-state index in [0.717, 1.165) is 11.3 Å². The Labute approximate surface area is 111 Å². The maximum atomic E-state index is 6.04. The number of methoxy groups -OCH3 is 1. The van der Waals surface area contributed by atoms with E-state index in [1.807, 2.05) is 13.0 Å². The minimum absolute atomic E-state index is 0.536. The predicted octanol–water partition coefficient (Wildman–Crippen LogP) is 3.11. The highest BCUT2D eigenvalue weighted by molar-refractivity contribution is 7.80. The van der Waals surface area contributed by atoms with Crippen molar-refractivity contribution in [1.82, 2.24) is 5.32 Å². The van der Waals surface area contributed by atoms with E-state index in [0.29, 0.717) is 21.9 Å². The van der Waals surface area contributed by atoms with Crippen LogP contribution in [0.4, 0.5) is 5.69 Å². The molecule has 3 nitrogen and oxygen atoms in total. The second-order valence-electron chi connectivity index (χ2n) is 4.17. The standard InChI is InChI=1S/C12H15ClN2OS/c1-7-5-10(11(16-2)6-9(7)13)15-12(17)14-8-3-4-8/h5-6,8H,3-4H2,1-2H3,(H2,14,15,17). The molecule has 0 atom stereocenters. The summed E-state index contributed by atoms with van der Waals surface area (Å²) in [5, 5.41) is 7.68. The fraction of sp³-hybridized carbons (Fsp3) is 0.417. The third-order valence-corrected chi connectivity index (χ3v) is 3.27. The van der Waals surface area contributed by atoms with Gasteiger partial charge in [0.05, 0.1) is 12.8 Å². The highest BCUT2D eigenvalue weighted by Gasteiger charge is 2.22. The van der Waals surface area contributed by atoms with Crippen LogP contribution in [-0.4, -0.2) is 18.3 Å². The second-order valence-corrected chi connectivity index (χ2v) is 4.99. The molecule has 0 heterocycles. The van der Waals surface area contributed by atoms with E-state index in [1.165, 1.54) is 12.8 Å². The lowest BCUT2D eigenvalue weighted by molar-refractivity contribution is 0.417. The van der Waals surface area contributed by atoms with Crippen molar-refractivity contribution in [2.45, 2.75) is 25.8 Å². The monoisotopic (exact) mass is 270 g/mol. The number of hydrogen-bond donors (Lipinski definition) is 2. The molecular formula is C12H15ClN2OS. The van der Waals surface area contributed by atoms with Gasteiger partial charge in [0.15, 0.2) is 5.11 Å². The molecule has 17 heavy (non-hydrogen) atoms. The van der Waals surface area contributed by atoms with Crippen molar-refractivity contribution in [2.75, 3.05) is 12.4 Å². The van der Waals surface area contributed by atoms with Crippen molar-refractivity contribution in [2.24, 2.45) is 0 Å². The predicted molar refractivity (Wildman–Crippen MR) is 75.1 cm³/mol. The summed E-state index contributed by atoms with van der Waals surface area (Å²) in [4.78, 5) is 0. The van der Waals surface area contributed by atoms with Gasteiger partial charge in [-0.05, 0) is 43.6 Å². The maximum Gasteiger partial charge on any atom is 0.171 e. The molecule has 2 N–H and O–H groups in total. The molecule has 1 saturated carbocycles. The molecule has 1 fully saturated rings. The van der Waals surface area contributed by atoms with Crippen molar-refractivity contribution in [3.8, 4) is 5.75 Å². The average Bonchev–Trinajstić information content (AvgIpc) is 3.06. The van der Waals surface area contributed by atoms with Gasteiger partial charge in [0.25, 0.3) is 0 Å². The number of rotatable bonds is 3. The van der Waals surface area contributed by atoms with Crippen LogP contribution in [0.3, 0.4) is 0 Å². The number of anilines is 1. The van der Waals surface area contributed by atoms with Crippen LogP contribution in [-0.2, 0) is 0 Å². The van der Waals surface area contributed by atoms with Gasteiger partial charge in [-0.1, -0.05) is 11.6 Å². The van der Waals surface area contributed by atoms with Crippen molar-refractivity contribution < 1.29 is 4.74 Å². The minimum atomic E-state index is 0.536. The van der Waals surface area contributed by atoms with E-state index in [2.05, 4.69) is 10.6 Å². The number of hydrogen-bond acceptors (Lipinski definition) is 2. The van der Waals surface area contributed by atoms with Crippen molar-refractivity contribution in [1.29, 1.82) is 0 Å². The Hall–Kier alpha value is -1.00. The van der Waals surface area contributed by atoms with Crippen LogP contribution < -0.4 is 15.4 Å². The van der Waals surface area contributed by atoms with E-state index >= 15 is 0 Å². The first-order valence-electron chi connectivity index (χ1n) is 5.52. The lowest BCUT2D eigenvalue weighted by atomic mass is 10.2. The van der Waals surface area contributed by atoms with Gasteiger partial charge in [0.2, 0.25) is 0 Å². The van der Waals surface area contributed by atoms with Gasteiger partial charge in [-0.3, -0.25) is 0 Å². The molecule has 2 rings (SSSR count). The van der Waals surface area contributed by atoms with Gasteiger partial charge in [0.1, 0.15) is 5.75 Å². The first kappa shape index (κ1) is 12.5. The smallest absolute Gasteiger partial charge is 0.171 e. The molecule has 92 valence electrons. The summed E-state index contributed by atoms with van der Waals surface area (Å²) in [6.07, 6.45) is 2.39. The summed E-state index contributed by atoms with van der Waals surface area (Å²) in [5.74, 6) is 0.695. The third kappa shape index (κ3) is 3.23. The fourth-order valence-corrected chi connectivity index (χ4v) is 1.93. The maximum absolute atomic E-state index is 6.04. The first-order valence-corrected chi connectivity index (χ1v) is 6.30. The van der Waals surface area contributed by atoms with Gasteiger partial charge in [-0.25, -0.2) is 0 Å². The van der Waals surface area contributed by atoms with E-state index in [-0.39, 0.29) is 0 Å². The Morgan fingerprint density at radius 3 is 2.76 bits per heavy atom. The van der Waals surface area contributed by atoms with Gasteiger partial charge in [-0.15, -0.1) is 0 Å². The van der Waals surface area contributed by atoms with Crippen LogP contribution in [0.1, 0.15) is 18.4 Å². The average molecular weight is 271 g/mol. The van der Waals surface area contributed by atoms with Crippen LogP contribution in [0.25, 0.3) is 0 Å². The SMILES string of the molecule is COc1cc(Cl)c(C)cc1NC(=S)NC1CC1. The molecule has 0 aromatic heterocycles. The quantitative estimate of drug-likeness (QED) is 0.827. The van der Waals surface area contributed by atoms with Gasteiger partial charge < -0.3 is 15.4 Å². The van der Waals surface area contributed by atoms with Crippen LogP contribution in [0, 0.1) is 6.92 Å². The number of aryl methyl sites for hydroxylation is 1. The minimum Gasteiger partial charge on any atom is -0.495 e. The van der Waals surface area contributed by atoms with E-state index in [4.69, 9.17) is 28.6 Å². The number of benzene rings is 1. The molecular weight excluding hydrogens is 256 g/mol. The Balaban J connectivity index is 2.12. The molecule has 0 unspecified atom stereocenters. The Bertz CT molecular complexity index is 446. The second kappa shape index (κ2) is 5.10. The molecule has 0 spiro atoms. The van der Waals surface area contributed by atoms with Crippen LogP contribution in [0.2, 0.25) is 5.02 Å². The van der Waals surface area contributed by atoms with E-state index < -0.39 is 0 Å². The van der Waals surface area contributed by atoms with E-state index in [9.17, 15) is 0 Å². The highest BCUT2D eigenvalue weighted by atomic mass is 35.5. The molecule has 0 radical (unpaired) electrons. The molecule has 1 aliphatic carbocycles. The number of nitrogens with one attached hydrogen (secondary N) is 2. The van der Waals surface area contributed by atoms with Crippen LogP contribution in [0.5, 0.6) is 5.75 Å². The number of halogens is 1. The summed E-state index contributed by atoms with van der Waals surface area (Å²) in [6.45, 7) is 1.95. The highest BCUT2D eigenvalue weighted by Crippen LogP contribution is 2.31. The summed E-state index contributed by atoms with van der Waals surface area (Å²) >= 11 is 11.3. The zero-order valence-electron chi connectivity index (χ0n) is 9.84. The fourth-order valence-electron chi connectivity index (χ4n) is 1.50. The zero-order valence-corrected chi connectivity index (χ0v) is 11.4. The first-order chi connectivity index (χ1) is 8.10. The Morgan fingerprint density at radius 2 is 2.18 bits per heavy atom. The summed E-state index contributed by atoms with van der Waals surface area (Å²) < 4.78 is 5.27. The van der Waals surface area contributed by atoms with Crippen LogP contribution in [0.15, 0.2) is 12.1 Å². The Kier molecular flexibility index (Phi) is 3.74. The van der Waals surface area contributed by atoms with Crippen molar-refractivity contribution in [3.05, 3.63) is 22.7 Å². The molecule has 0 bridgehead atoms. The lowest BCUT2D eigenvalue weighted by Gasteiger charge is -2.14. The van der Waals surface area contributed by atoms with Crippen molar-refractivity contribution >= 4 is 34.6 Å². The molecule has 1 aliphatic rings. The molecule has 1 aromatic rings. The molecule has 1 aromatic carbocycles. The molecule has 0 aliphatic heterocycles. The largest absolute Gasteiger partial charge is 0.495 e. The van der Waals surface area contributed by atoms with Gasteiger partial charge in [-0.2, -0.15) is 0 Å². The normalized spacial score (nSPS) is 14.3. The summed E-state index contributed by atoms with van der Waals surface area (Å²) in [7, 11) is 1.61. The van der Waals surface area contributed by atoms with Gasteiger partial charge in [0, 0.05) is 17.1 Å². The van der Waals surface area contributed by atoms with Gasteiger partial charge >= 0.3 is 0 Å². The number of thiocarbonyl (C=S) groups is 1. The van der Waals surface area contributed by atoms with E-state index in [1.54, 1.807) is 13.2 Å².